The van der Waals surface area contributed by atoms with Crippen LogP contribution in [0, 0.1) is 0 Å². The van der Waals surface area contributed by atoms with Crippen LogP contribution < -0.4 is 0 Å². The fraction of sp³-hybridized carbons (Fsp3) is 0.385. The molecule has 2 heterocycles. The molecule has 1 amide bonds. The van der Waals surface area contributed by atoms with E-state index in [2.05, 4.69) is 10.2 Å². The van der Waals surface area contributed by atoms with Crippen LogP contribution >= 0.6 is 0 Å². The SMILES string of the molecule is CCn1cc(CN(C)C(=O)Cn2cc(C(=O)O)cn2)cn1. The number of nitrogens with zero attached hydrogens (tertiary/aromatic N) is 5. The van der Waals surface area contributed by atoms with E-state index in [0.717, 1.165) is 12.1 Å². The minimum Gasteiger partial charge on any atom is -0.478 e. The molecule has 0 atom stereocenters. The van der Waals surface area contributed by atoms with Crippen LogP contribution in [0.2, 0.25) is 0 Å². The number of aryl methyl sites for hydroxylation is 1. The maximum Gasteiger partial charge on any atom is 0.338 e. The molecule has 0 aliphatic carbocycles. The first-order valence-corrected chi connectivity index (χ1v) is 6.50. The second kappa shape index (κ2) is 6.21. The summed E-state index contributed by atoms with van der Waals surface area (Å²) in [6.45, 7) is 3.23. The first-order valence-electron chi connectivity index (χ1n) is 6.50. The van der Waals surface area contributed by atoms with Crippen LogP contribution in [0.1, 0.15) is 22.8 Å². The van der Waals surface area contributed by atoms with Crippen molar-refractivity contribution in [3.63, 3.8) is 0 Å². The summed E-state index contributed by atoms with van der Waals surface area (Å²) in [5.74, 6) is -1.21. The molecule has 0 aromatic carbocycles. The van der Waals surface area contributed by atoms with Gasteiger partial charge in [0.25, 0.3) is 0 Å². The Hall–Kier alpha value is -2.64. The summed E-state index contributed by atoms with van der Waals surface area (Å²) in [6, 6.07) is 0. The molecule has 0 aliphatic rings. The highest BCUT2D eigenvalue weighted by atomic mass is 16.4. The molecule has 0 fully saturated rings. The van der Waals surface area contributed by atoms with Crippen LogP contribution in [0.3, 0.4) is 0 Å². The van der Waals surface area contributed by atoms with Gasteiger partial charge in [-0.3, -0.25) is 14.2 Å². The number of likely N-dealkylation sites (N-methyl/N-ethyl adjacent to an activating group) is 1. The highest BCUT2D eigenvalue weighted by molar-refractivity contribution is 5.87. The Balaban J connectivity index is 1.93. The van der Waals surface area contributed by atoms with Crippen LogP contribution in [-0.4, -0.2) is 48.5 Å². The Morgan fingerprint density at radius 2 is 1.95 bits per heavy atom. The quantitative estimate of drug-likeness (QED) is 0.834. The molecule has 2 rings (SSSR count). The number of rotatable bonds is 6. The second-order valence-electron chi connectivity index (χ2n) is 4.69. The average molecular weight is 291 g/mol. The van der Waals surface area contributed by atoms with Crippen molar-refractivity contribution in [3.8, 4) is 0 Å². The summed E-state index contributed by atoms with van der Waals surface area (Å²) < 4.78 is 3.11. The third-order valence-electron chi connectivity index (χ3n) is 3.03. The first kappa shape index (κ1) is 14.8. The lowest BCUT2D eigenvalue weighted by Gasteiger charge is -2.16. The van der Waals surface area contributed by atoms with Crippen LogP contribution in [0.5, 0.6) is 0 Å². The van der Waals surface area contributed by atoms with Gasteiger partial charge < -0.3 is 10.0 Å². The third kappa shape index (κ3) is 3.68. The minimum absolute atomic E-state index is 0.00565. The van der Waals surface area contributed by atoms with E-state index in [0.29, 0.717) is 6.54 Å². The number of hydrogen-bond donors (Lipinski definition) is 1. The van der Waals surface area contributed by atoms with Crippen LogP contribution in [-0.2, 0) is 24.4 Å². The van der Waals surface area contributed by atoms with E-state index in [1.807, 2.05) is 13.1 Å². The van der Waals surface area contributed by atoms with Crippen LogP contribution in [0.25, 0.3) is 0 Å². The van der Waals surface area contributed by atoms with Crippen LogP contribution in [0.15, 0.2) is 24.8 Å². The summed E-state index contributed by atoms with van der Waals surface area (Å²) in [5, 5.41) is 16.8. The lowest BCUT2D eigenvalue weighted by molar-refractivity contribution is -0.131. The first-order chi connectivity index (χ1) is 9.99. The van der Waals surface area contributed by atoms with Crippen molar-refractivity contribution in [1.29, 1.82) is 0 Å². The topological polar surface area (TPSA) is 93.2 Å². The van der Waals surface area contributed by atoms with Gasteiger partial charge in [-0.2, -0.15) is 10.2 Å². The maximum absolute atomic E-state index is 12.1. The number of carboxylic acid groups (broad SMARTS) is 1. The van der Waals surface area contributed by atoms with Crippen molar-refractivity contribution in [2.24, 2.45) is 0 Å². The molecule has 0 bridgehead atoms. The highest BCUT2D eigenvalue weighted by Crippen LogP contribution is 2.04. The van der Waals surface area contributed by atoms with Crippen LogP contribution in [0.4, 0.5) is 0 Å². The monoisotopic (exact) mass is 291 g/mol. The summed E-state index contributed by atoms with van der Waals surface area (Å²) >= 11 is 0. The molecule has 8 nitrogen and oxygen atoms in total. The zero-order valence-corrected chi connectivity index (χ0v) is 11.9. The van der Waals surface area contributed by atoms with E-state index < -0.39 is 5.97 Å². The highest BCUT2D eigenvalue weighted by Gasteiger charge is 2.13. The molecule has 0 unspecified atom stereocenters. The summed E-state index contributed by atoms with van der Waals surface area (Å²) in [6.07, 6.45) is 6.17. The van der Waals surface area contributed by atoms with Gasteiger partial charge in [-0.15, -0.1) is 0 Å². The fourth-order valence-corrected chi connectivity index (χ4v) is 1.84. The van der Waals surface area contributed by atoms with Gasteiger partial charge in [0.05, 0.1) is 18.0 Å². The van der Waals surface area contributed by atoms with Gasteiger partial charge >= 0.3 is 5.97 Å². The Morgan fingerprint density at radius 3 is 2.52 bits per heavy atom. The van der Waals surface area contributed by atoms with Crippen molar-refractivity contribution in [2.75, 3.05) is 7.05 Å². The molecule has 1 N–H and O–H groups in total. The molecule has 0 aliphatic heterocycles. The number of hydrogen-bond acceptors (Lipinski definition) is 4. The van der Waals surface area contributed by atoms with E-state index >= 15 is 0 Å². The van der Waals surface area contributed by atoms with Crippen molar-refractivity contribution >= 4 is 11.9 Å². The smallest absolute Gasteiger partial charge is 0.338 e. The van der Waals surface area contributed by atoms with E-state index in [1.165, 1.54) is 17.1 Å². The molecule has 0 saturated heterocycles. The van der Waals surface area contributed by atoms with Gasteiger partial charge in [0, 0.05) is 38.1 Å². The molecule has 0 radical (unpaired) electrons. The maximum atomic E-state index is 12.1. The summed E-state index contributed by atoms with van der Waals surface area (Å²) in [5.41, 5.74) is 1.01. The third-order valence-corrected chi connectivity index (χ3v) is 3.03. The van der Waals surface area contributed by atoms with Crippen molar-refractivity contribution in [1.82, 2.24) is 24.5 Å². The molecule has 0 saturated carbocycles. The molecule has 2 aromatic heterocycles. The van der Waals surface area contributed by atoms with Gasteiger partial charge in [-0.25, -0.2) is 4.79 Å². The standard InChI is InChI=1S/C13H17N5O3/c1-3-17-7-10(4-14-17)6-16(2)12(19)9-18-8-11(5-15-18)13(20)21/h4-5,7-8H,3,6,9H2,1-2H3,(H,20,21). The van der Waals surface area contributed by atoms with Crippen molar-refractivity contribution in [3.05, 3.63) is 35.9 Å². The molecular formula is C13H17N5O3. The van der Waals surface area contributed by atoms with Gasteiger partial charge in [0.1, 0.15) is 6.54 Å². The normalized spacial score (nSPS) is 10.6. The number of amides is 1. The van der Waals surface area contributed by atoms with E-state index in [4.69, 9.17) is 5.11 Å². The number of aromatic nitrogens is 4. The fourth-order valence-electron chi connectivity index (χ4n) is 1.84. The molecule has 21 heavy (non-hydrogen) atoms. The molecule has 112 valence electrons. The number of carbonyl (C=O) groups is 2. The number of aromatic carboxylic acids is 1. The zero-order chi connectivity index (χ0) is 15.4. The Morgan fingerprint density at radius 1 is 1.24 bits per heavy atom. The lowest BCUT2D eigenvalue weighted by Crippen LogP contribution is -2.29. The van der Waals surface area contributed by atoms with E-state index in [1.54, 1.807) is 22.8 Å². The van der Waals surface area contributed by atoms with Gasteiger partial charge in [-0.1, -0.05) is 0 Å². The molecule has 2 aromatic rings. The van der Waals surface area contributed by atoms with Gasteiger partial charge in [0.2, 0.25) is 5.91 Å². The largest absolute Gasteiger partial charge is 0.478 e. The Labute approximate surface area is 121 Å². The Kier molecular flexibility index (Phi) is 4.36. The van der Waals surface area contributed by atoms with E-state index in [-0.39, 0.29) is 18.0 Å². The molecule has 8 heteroatoms. The van der Waals surface area contributed by atoms with Gasteiger partial charge in [-0.05, 0) is 6.92 Å². The number of carboxylic acids is 1. The minimum atomic E-state index is -1.06. The Bertz CT molecular complexity index is 646. The van der Waals surface area contributed by atoms with Gasteiger partial charge in [0.15, 0.2) is 0 Å². The van der Waals surface area contributed by atoms with Crippen molar-refractivity contribution in [2.45, 2.75) is 26.6 Å². The molecular weight excluding hydrogens is 274 g/mol. The van der Waals surface area contributed by atoms with E-state index in [9.17, 15) is 9.59 Å². The summed E-state index contributed by atoms with van der Waals surface area (Å²) in [7, 11) is 1.69. The summed E-state index contributed by atoms with van der Waals surface area (Å²) in [4.78, 5) is 24.4. The lowest BCUT2D eigenvalue weighted by atomic mass is 10.3. The van der Waals surface area contributed by atoms with Crippen molar-refractivity contribution < 1.29 is 14.7 Å². The average Bonchev–Trinajstić information content (AvgIpc) is 3.07. The number of carbonyl (C=O) groups excluding carboxylic acids is 1. The second-order valence-corrected chi connectivity index (χ2v) is 4.69. The predicted octanol–water partition coefficient (Wildman–Crippen LogP) is 0.456. The zero-order valence-electron chi connectivity index (χ0n) is 11.9. The molecule has 0 spiro atoms. The predicted molar refractivity (Wildman–Crippen MR) is 73.6 cm³/mol.